The normalized spacial score (nSPS) is 24.8. The van der Waals surface area contributed by atoms with Crippen LogP contribution in [0.3, 0.4) is 0 Å². The average molecular weight is 230 g/mol. The Morgan fingerprint density at radius 1 is 1.50 bits per heavy atom. The first kappa shape index (κ1) is 12.9. The molecule has 92 valence electrons. The minimum atomic E-state index is -1.06. The first-order chi connectivity index (χ1) is 7.56. The number of amides is 1. The molecule has 1 rings (SSSR count). The maximum Gasteiger partial charge on any atom is 0.326 e. The van der Waals surface area contributed by atoms with E-state index in [1.54, 1.807) is 0 Å². The first-order valence-corrected chi connectivity index (χ1v) is 5.47. The summed E-state index contributed by atoms with van der Waals surface area (Å²) in [6, 6.07) is -0.883. The Labute approximate surface area is 94.2 Å². The molecule has 6 heteroatoms. The van der Waals surface area contributed by atoms with E-state index in [0.717, 1.165) is 13.0 Å². The molecule has 1 saturated heterocycles. The number of carbonyl (C=O) groups excluding carboxylic acids is 1. The third-order valence-electron chi connectivity index (χ3n) is 2.59. The fourth-order valence-corrected chi connectivity index (χ4v) is 1.80. The molecule has 0 spiro atoms. The Hall–Kier alpha value is -1.14. The number of β-amino-alcohol motifs (C(OH)–C–C–N with tert-alkyl or cyclic N) is 1. The van der Waals surface area contributed by atoms with Crippen molar-refractivity contribution in [1.82, 2.24) is 10.2 Å². The van der Waals surface area contributed by atoms with Gasteiger partial charge in [0.15, 0.2) is 0 Å². The summed E-state index contributed by atoms with van der Waals surface area (Å²) in [5.41, 5.74) is 0. The van der Waals surface area contributed by atoms with Crippen molar-refractivity contribution in [3.63, 3.8) is 0 Å². The number of hydrogen-bond acceptors (Lipinski definition) is 4. The van der Waals surface area contributed by atoms with Crippen LogP contribution < -0.4 is 5.32 Å². The molecule has 16 heavy (non-hydrogen) atoms. The van der Waals surface area contributed by atoms with E-state index in [1.165, 1.54) is 4.90 Å². The van der Waals surface area contributed by atoms with Crippen molar-refractivity contribution in [2.24, 2.45) is 0 Å². The molecule has 0 bridgehead atoms. The van der Waals surface area contributed by atoms with Crippen molar-refractivity contribution in [3.05, 3.63) is 0 Å². The summed E-state index contributed by atoms with van der Waals surface area (Å²) in [5.74, 6) is -1.32. The zero-order valence-corrected chi connectivity index (χ0v) is 9.35. The van der Waals surface area contributed by atoms with Crippen LogP contribution in [0.15, 0.2) is 0 Å². The fourth-order valence-electron chi connectivity index (χ4n) is 1.80. The van der Waals surface area contributed by atoms with E-state index >= 15 is 0 Å². The Bertz CT molecular complexity index is 270. The van der Waals surface area contributed by atoms with Crippen molar-refractivity contribution in [2.45, 2.75) is 31.9 Å². The van der Waals surface area contributed by atoms with Gasteiger partial charge in [-0.1, -0.05) is 6.92 Å². The van der Waals surface area contributed by atoms with Crippen LogP contribution >= 0.6 is 0 Å². The number of aliphatic hydroxyl groups excluding tert-OH is 1. The Balaban J connectivity index is 2.50. The van der Waals surface area contributed by atoms with Crippen molar-refractivity contribution in [2.75, 3.05) is 19.6 Å². The summed E-state index contributed by atoms with van der Waals surface area (Å²) in [6.45, 7) is 2.95. The molecule has 1 heterocycles. The molecule has 2 unspecified atom stereocenters. The van der Waals surface area contributed by atoms with Crippen LogP contribution in [-0.4, -0.2) is 58.8 Å². The van der Waals surface area contributed by atoms with E-state index in [-0.39, 0.29) is 25.4 Å². The van der Waals surface area contributed by atoms with Crippen LogP contribution in [0.5, 0.6) is 0 Å². The van der Waals surface area contributed by atoms with Crippen molar-refractivity contribution < 1.29 is 19.8 Å². The molecular formula is C10H18N2O4. The number of carbonyl (C=O) groups is 2. The molecule has 0 aliphatic carbocycles. The number of nitrogens with one attached hydrogen (secondary N) is 1. The second-order valence-corrected chi connectivity index (χ2v) is 3.97. The topological polar surface area (TPSA) is 89.9 Å². The molecule has 0 aromatic heterocycles. The first-order valence-electron chi connectivity index (χ1n) is 5.47. The number of carboxylic acid groups (broad SMARTS) is 1. The van der Waals surface area contributed by atoms with E-state index in [1.807, 2.05) is 6.92 Å². The van der Waals surface area contributed by atoms with Gasteiger partial charge in [-0.3, -0.25) is 4.79 Å². The standard InChI is InChI=1S/C10H18N2O4/c1-2-3-11-5-9(14)12-6-7(13)4-8(12)10(15)16/h7-8,11,13H,2-6H2,1H3,(H,15,16). The van der Waals surface area contributed by atoms with Crippen LogP contribution in [0.1, 0.15) is 19.8 Å². The lowest BCUT2D eigenvalue weighted by Gasteiger charge is -2.21. The number of nitrogens with zero attached hydrogens (tertiary/aromatic N) is 1. The number of hydrogen-bond donors (Lipinski definition) is 3. The minimum absolute atomic E-state index is 0.115. The number of aliphatic carboxylic acids is 1. The van der Waals surface area contributed by atoms with Gasteiger partial charge >= 0.3 is 5.97 Å². The van der Waals surface area contributed by atoms with Crippen molar-refractivity contribution >= 4 is 11.9 Å². The highest BCUT2D eigenvalue weighted by Crippen LogP contribution is 2.17. The van der Waals surface area contributed by atoms with Gasteiger partial charge in [0.05, 0.1) is 12.6 Å². The van der Waals surface area contributed by atoms with E-state index in [4.69, 9.17) is 5.11 Å². The summed E-state index contributed by atoms with van der Waals surface area (Å²) >= 11 is 0. The number of likely N-dealkylation sites (tertiary alicyclic amines) is 1. The quantitative estimate of drug-likeness (QED) is 0.529. The third kappa shape index (κ3) is 3.18. The molecule has 1 fully saturated rings. The maximum atomic E-state index is 11.7. The second-order valence-electron chi connectivity index (χ2n) is 3.97. The predicted molar refractivity (Wildman–Crippen MR) is 56.9 cm³/mol. The van der Waals surface area contributed by atoms with Crippen LogP contribution in [0.4, 0.5) is 0 Å². The van der Waals surface area contributed by atoms with Crippen molar-refractivity contribution in [3.8, 4) is 0 Å². The summed E-state index contributed by atoms with van der Waals surface area (Å²) in [5, 5.41) is 21.2. The zero-order valence-electron chi connectivity index (χ0n) is 9.35. The summed E-state index contributed by atoms with van der Waals surface area (Å²) in [4.78, 5) is 23.8. The monoisotopic (exact) mass is 230 g/mol. The Kier molecular flexibility index (Phi) is 4.70. The zero-order chi connectivity index (χ0) is 12.1. The number of aliphatic hydroxyl groups is 1. The van der Waals surface area contributed by atoms with Gasteiger partial charge in [0.25, 0.3) is 0 Å². The van der Waals surface area contributed by atoms with E-state index in [9.17, 15) is 14.7 Å². The van der Waals surface area contributed by atoms with Gasteiger partial charge < -0.3 is 20.4 Å². The van der Waals surface area contributed by atoms with E-state index in [2.05, 4.69) is 5.32 Å². The highest BCUT2D eigenvalue weighted by atomic mass is 16.4. The van der Waals surface area contributed by atoms with Crippen LogP contribution in [0.2, 0.25) is 0 Å². The molecule has 0 saturated carbocycles. The van der Waals surface area contributed by atoms with Crippen molar-refractivity contribution in [1.29, 1.82) is 0 Å². The maximum absolute atomic E-state index is 11.7. The molecule has 1 amide bonds. The Morgan fingerprint density at radius 3 is 2.75 bits per heavy atom. The molecule has 0 radical (unpaired) electrons. The van der Waals surface area contributed by atoms with E-state index in [0.29, 0.717) is 0 Å². The van der Waals surface area contributed by atoms with Gasteiger partial charge in [0.1, 0.15) is 6.04 Å². The van der Waals surface area contributed by atoms with Crippen LogP contribution in [-0.2, 0) is 9.59 Å². The summed E-state index contributed by atoms with van der Waals surface area (Å²) < 4.78 is 0. The van der Waals surface area contributed by atoms with Gasteiger partial charge in [-0.15, -0.1) is 0 Å². The summed E-state index contributed by atoms with van der Waals surface area (Å²) in [7, 11) is 0. The van der Waals surface area contributed by atoms with Gasteiger partial charge in [-0.25, -0.2) is 4.79 Å². The van der Waals surface area contributed by atoms with Crippen LogP contribution in [0, 0.1) is 0 Å². The lowest BCUT2D eigenvalue weighted by atomic mass is 10.2. The third-order valence-corrected chi connectivity index (χ3v) is 2.59. The molecular weight excluding hydrogens is 212 g/mol. The smallest absolute Gasteiger partial charge is 0.326 e. The summed E-state index contributed by atoms with van der Waals surface area (Å²) in [6.07, 6.45) is 0.309. The SMILES string of the molecule is CCCNCC(=O)N1CC(O)CC1C(=O)O. The van der Waals surface area contributed by atoms with E-state index < -0.39 is 18.1 Å². The highest BCUT2D eigenvalue weighted by molar-refractivity contribution is 5.85. The van der Waals surface area contributed by atoms with Gasteiger partial charge in [-0.05, 0) is 13.0 Å². The lowest BCUT2D eigenvalue weighted by molar-refractivity contribution is -0.147. The lowest BCUT2D eigenvalue weighted by Crippen LogP contribution is -2.44. The molecule has 2 atom stereocenters. The second kappa shape index (κ2) is 5.81. The molecule has 0 aromatic rings. The van der Waals surface area contributed by atoms with Gasteiger partial charge in [0.2, 0.25) is 5.91 Å². The predicted octanol–water partition coefficient (Wildman–Crippen LogP) is -0.968. The number of rotatable bonds is 5. The molecule has 1 aliphatic rings. The molecule has 3 N–H and O–H groups in total. The molecule has 1 aliphatic heterocycles. The minimum Gasteiger partial charge on any atom is -0.480 e. The average Bonchev–Trinajstić information content (AvgIpc) is 2.61. The largest absolute Gasteiger partial charge is 0.480 e. The molecule has 6 nitrogen and oxygen atoms in total. The molecule has 0 aromatic carbocycles. The van der Waals surface area contributed by atoms with Gasteiger partial charge in [0, 0.05) is 13.0 Å². The fraction of sp³-hybridized carbons (Fsp3) is 0.800. The highest BCUT2D eigenvalue weighted by Gasteiger charge is 2.38. The Morgan fingerprint density at radius 2 is 2.19 bits per heavy atom. The van der Waals surface area contributed by atoms with Gasteiger partial charge in [-0.2, -0.15) is 0 Å². The van der Waals surface area contributed by atoms with Crippen LogP contribution in [0.25, 0.3) is 0 Å². The number of carboxylic acids is 1.